The number of ether oxygens (including phenoxy) is 1. The van der Waals surface area contributed by atoms with E-state index in [1.54, 1.807) is 0 Å². The second-order valence-electron chi connectivity index (χ2n) is 5.13. The molecule has 0 saturated carbocycles. The maximum atomic E-state index is 11.6. The Balaban J connectivity index is 4.55. The van der Waals surface area contributed by atoms with Gasteiger partial charge in [-0.3, -0.25) is 4.79 Å². The minimum absolute atomic E-state index is 0.0206. The van der Waals surface area contributed by atoms with Gasteiger partial charge in [0, 0.05) is 5.92 Å². The van der Waals surface area contributed by atoms with Crippen LogP contribution in [0.1, 0.15) is 48.0 Å². The van der Waals surface area contributed by atoms with E-state index in [1.807, 2.05) is 41.5 Å². The summed E-state index contributed by atoms with van der Waals surface area (Å²) in [5.74, 6) is -0.104. The molecule has 3 nitrogen and oxygen atoms in total. The summed E-state index contributed by atoms with van der Waals surface area (Å²) in [5, 5.41) is 9.81. The van der Waals surface area contributed by atoms with Crippen LogP contribution in [-0.2, 0) is 9.53 Å². The second kappa shape index (κ2) is 6.89. The molecule has 0 aliphatic rings. The van der Waals surface area contributed by atoms with E-state index in [1.165, 1.54) is 0 Å². The number of aliphatic hydroxyl groups excluding tert-OH is 1. The highest BCUT2D eigenvalue weighted by molar-refractivity contribution is 5.71. The Morgan fingerprint density at radius 2 is 1.69 bits per heavy atom. The van der Waals surface area contributed by atoms with Crippen LogP contribution in [0, 0.1) is 17.8 Å². The highest BCUT2D eigenvalue weighted by Crippen LogP contribution is 2.22. The molecule has 0 aromatic carbocycles. The van der Waals surface area contributed by atoms with Gasteiger partial charge in [0.15, 0.2) is 0 Å². The largest absolute Gasteiger partial charge is 0.462 e. The van der Waals surface area contributed by atoms with Crippen molar-refractivity contribution in [2.45, 2.75) is 60.2 Å². The number of carbonyl (C=O) groups is 1. The normalized spacial score (nSPS) is 17.3. The highest BCUT2D eigenvalue weighted by Gasteiger charge is 2.29. The molecule has 0 rings (SSSR count). The average molecular weight is 230 g/mol. The Morgan fingerprint density at radius 1 is 1.19 bits per heavy atom. The standard InChI is InChI=1S/C13H26O3/c1-7-11(14)10(6)12(8(2)3)16-13(15)9(4)5/h8-12,14H,7H2,1-6H3/t10-,11-,12-/m1/s1. The van der Waals surface area contributed by atoms with Crippen molar-refractivity contribution < 1.29 is 14.6 Å². The van der Waals surface area contributed by atoms with E-state index < -0.39 is 6.10 Å². The molecule has 0 aromatic rings. The predicted octanol–water partition coefficient (Wildman–Crippen LogP) is 2.62. The molecule has 0 aliphatic carbocycles. The maximum Gasteiger partial charge on any atom is 0.308 e. The molecule has 3 heteroatoms. The number of carbonyl (C=O) groups excluding carboxylic acids is 1. The van der Waals surface area contributed by atoms with Gasteiger partial charge in [-0.1, -0.05) is 41.5 Å². The smallest absolute Gasteiger partial charge is 0.308 e. The molecule has 16 heavy (non-hydrogen) atoms. The molecule has 0 amide bonds. The molecule has 0 bridgehead atoms. The SMILES string of the molecule is CC[C@@H](O)[C@@H](C)[C@H](OC(=O)C(C)C)C(C)C. The highest BCUT2D eigenvalue weighted by atomic mass is 16.5. The zero-order chi connectivity index (χ0) is 12.9. The van der Waals surface area contributed by atoms with Crippen LogP contribution in [0.25, 0.3) is 0 Å². The summed E-state index contributed by atoms with van der Waals surface area (Å²) < 4.78 is 5.46. The van der Waals surface area contributed by atoms with Gasteiger partial charge >= 0.3 is 5.97 Å². The zero-order valence-corrected chi connectivity index (χ0v) is 11.4. The average Bonchev–Trinajstić information content (AvgIpc) is 2.22. The molecule has 3 atom stereocenters. The van der Waals surface area contributed by atoms with Crippen molar-refractivity contribution in [3.63, 3.8) is 0 Å². The Kier molecular flexibility index (Phi) is 6.65. The topological polar surface area (TPSA) is 46.5 Å². The lowest BCUT2D eigenvalue weighted by Crippen LogP contribution is -2.37. The van der Waals surface area contributed by atoms with Gasteiger partial charge in [-0.2, -0.15) is 0 Å². The summed E-state index contributed by atoms with van der Waals surface area (Å²) >= 11 is 0. The van der Waals surface area contributed by atoms with Crippen LogP contribution < -0.4 is 0 Å². The van der Waals surface area contributed by atoms with Crippen molar-refractivity contribution in [2.24, 2.45) is 17.8 Å². The fraction of sp³-hybridized carbons (Fsp3) is 0.923. The first-order valence-corrected chi connectivity index (χ1v) is 6.19. The molecule has 0 unspecified atom stereocenters. The van der Waals surface area contributed by atoms with Gasteiger partial charge in [-0.05, 0) is 12.3 Å². The van der Waals surface area contributed by atoms with E-state index in [0.29, 0.717) is 6.42 Å². The fourth-order valence-electron chi connectivity index (χ4n) is 1.71. The molecule has 0 saturated heterocycles. The van der Waals surface area contributed by atoms with Crippen molar-refractivity contribution in [3.05, 3.63) is 0 Å². The van der Waals surface area contributed by atoms with E-state index >= 15 is 0 Å². The molecule has 0 radical (unpaired) electrons. The summed E-state index contributed by atoms with van der Waals surface area (Å²) in [6.45, 7) is 11.5. The Labute approximate surface area is 99.2 Å². The first-order valence-electron chi connectivity index (χ1n) is 6.19. The van der Waals surface area contributed by atoms with Crippen LogP contribution in [0.15, 0.2) is 0 Å². The number of hydrogen-bond acceptors (Lipinski definition) is 3. The van der Waals surface area contributed by atoms with Gasteiger partial charge in [-0.15, -0.1) is 0 Å². The van der Waals surface area contributed by atoms with Gasteiger partial charge in [0.25, 0.3) is 0 Å². The van der Waals surface area contributed by atoms with Crippen molar-refractivity contribution in [3.8, 4) is 0 Å². The lowest BCUT2D eigenvalue weighted by Gasteiger charge is -2.30. The fourth-order valence-corrected chi connectivity index (χ4v) is 1.71. The minimum Gasteiger partial charge on any atom is -0.462 e. The lowest BCUT2D eigenvalue weighted by atomic mass is 9.89. The van der Waals surface area contributed by atoms with Crippen LogP contribution in [-0.4, -0.2) is 23.3 Å². The van der Waals surface area contributed by atoms with Crippen molar-refractivity contribution >= 4 is 5.97 Å². The van der Waals surface area contributed by atoms with E-state index in [0.717, 1.165) is 0 Å². The third-order valence-electron chi connectivity index (χ3n) is 2.92. The Morgan fingerprint density at radius 3 is 2.00 bits per heavy atom. The number of hydrogen-bond donors (Lipinski definition) is 1. The quantitative estimate of drug-likeness (QED) is 0.713. The van der Waals surface area contributed by atoms with Crippen molar-refractivity contribution in [2.75, 3.05) is 0 Å². The van der Waals surface area contributed by atoms with E-state index in [4.69, 9.17) is 4.74 Å². The first kappa shape index (κ1) is 15.4. The molecule has 0 fully saturated rings. The summed E-state index contributed by atoms with van der Waals surface area (Å²) in [6.07, 6.45) is 0.0705. The molecule has 96 valence electrons. The van der Waals surface area contributed by atoms with E-state index in [2.05, 4.69) is 0 Å². The van der Waals surface area contributed by atoms with Crippen LogP contribution in [0.3, 0.4) is 0 Å². The molecule has 0 spiro atoms. The van der Waals surface area contributed by atoms with Crippen LogP contribution >= 0.6 is 0 Å². The molecular weight excluding hydrogens is 204 g/mol. The van der Waals surface area contributed by atoms with Crippen LogP contribution in [0.4, 0.5) is 0 Å². The minimum atomic E-state index is -0.410. The van der Waals surface area contributed by atoms with Gasteiger partial charge < -0.3 is 9.84 Å². The Bertz CT molecular complexity index is 211. The van der Waals surface area contributed by atoms with Gasteiger partial charge in [0.2, 0.25) is 0 Å². The summed E-state index contributed by atoms with van der Waals surface area (Å²) in [4.78, 5) is 11.6. The summed E-state index contributed by atoms with van der Waals surface area (Å²) in [7, 11) is 0. The van der Waals surface area contributed by atoms with Gasteiger partial charge in [0.05, 0.1) is 12.0 Å². The molecule has 0 aliphatic heterocycles. The molecule has 0 heterocycles. The van der Waals surface area contributed by atoms with E-state index in [9.17, 15) is 9.90 Å². The Hall–Kier alpha value is -0.570. The third kappa shape index (κ3) is 4.52. The number of aliphatic hydroxyl groups is 1. The van der Waals surface area contributed by atoms with Gasteiger partial charge in [-0.25, -0.2) is 0 Å². The molecule has 0 aromatic heterocycles. The van der Waals surface area contributed by atoms with Crippen molar-refractivity contribution in [1.82, 2.24) is 0 Å². The van der Waals surface area contributed by atoms with Gasteiger partial charge in [0.1, 0.15) is 6.10 Å². The predicted molar refractivity (Wildman–Crippen MR) is 65.0 cm³/mol. The first-order chi connectivity index (χ1) is 7.31. The van der Waals surface area contributed by atoms with E-state index in [-0.39, 0.29) is 29.8 Å². The third-order valence-corrected chi connectivity index (χ3v) is 2.92. The summed E-state index contributed by atoms with van der Waals surface area (Å²) in [6, 6.07) is 0. The number of esters is 1. The summed E-state index contributed by atoms with van der Waals surface area (Å²) in [5.41, 5.74) is 0. The second-order valence-corrected chi connectivity index (χ2v) is 5.13. The van der Waals surface area contributed by atoms with Crippen LogP contribution in [0.2, 0.25) is 0 Å². The molecule has 1 N–H and O–H groups in total. The van der Waals surface area contributed by atoms with Crippen LogP contribution in [0.5, 0.6) is 0 Å². The molecular formula is C13H26O3. The van der Waals surface area contributed by atoms with Crippen molar-refractivity contribution in [1.29, 1.82) is 0 Å². The zero-order valence-electron chi connectivity index (χ0n) is 11.4. The monoisotopic (exact) mass is 230 g/mol. The maximum absolute atomic E-state index is 11.6. The number of rotatable bonds is 6. The lowest BCUT2D eigenvalue weighted by molar-refractivity contribution is -0.161.